The zero-order chi connectivity index (χ0) is 19.2. The Morgan fingerprint density at radius 2 is 2.04 bits per heavy atom. The van der Waals surface area contributed by atoms with Crippen LogP contribution in [0.15, 0.2) is 23.1 Å². The highest BCUT2D eigenvalue weighted by molar-refractivity contribution is 8.00. The van der Waals surface area contributed by atoms with Crippen molar-refractivity contribution in [2.24, 2.45) is 0 Å². The Labute approximate surface area is 163 Å². The van der Waals surface area contributed by atoms with Crippen LogP contribution in [0.3, 0.4) is 0 Å². The lowest BCUT2D eigenvalue weighted by Crippen LogP contribution is -2.43. The van der Waals surface area contributed by atoms with Gasteiger partial charge in [0.15, 0.2) is 0 Å². The van der Waals surface area contributed by atoms with Gasteiger partial charge in [0.25, 0.3) is 5.91 Å². The molecule has 0 spiro atoms. The first-order valence-electron chi connectivity index (χ1n) is 9.22. The Kier molecular flexibility index (Phi) is 6.73. The Balaban J connectivity index is 1.72. The van der Waals surface area contributed by atoms with E-state index in [0.717, 1.165) is 37.2 Å². The Bertz CT molecular complexity index is 719. The highest BCUT2D eigenvalue weighted by Gasteiger charge is 2.28. The molecular formula is C19H25N3O4S. The number of carbonyl (C=O) groups excluding carboxylic acids is 3. The van der Waals surface area contributed by atoms with Gasteiger partial charge in [-0.15, -0.1) is 11.8 Å². The monoisotopic (exact) mass is 391 g/mol. The van der Waals surface area contributed by atoms with Gasteiger partial charge in [-0.25, -0.2) is 0 Å². The zero-order valence-corrected chi connectivity index (χ0v) is 16.3. The van der Waals surface area contributed by atoms with Gasteiger partial charge in [-0.1, -0.05) is 0 Å². The first-order valence-corrected chi connectivity index (χ1v) is 10.2. The van der Waals surface area contributed by atoms with Crippen LogP contribution in [-0.2, 0) is 14.3 Å². The predicted molar refractivity (Wildman–Crippen MR) is 104 cm³/mol. The number of likely N-dealkylation sites (tertiary alicyclic amines) is 1. The number of nitrogens with one attached hydrogen (secondary N) is 1. The number of amides is 3. The van der Waals surface area contributed by atoms with Crippen molar-refractivity contribution < 1.29 is 19.1 Å². The molecule has 0 aliphatic carbocycles. The predicted octanol–water partition coefficient (Wildman–Crippen LogP) is 1.51. The first-order chi connectivity index (χ1) is 13.1. The molecule has 7 nitrogen and oxygen atoms in total. The van der Waals surface area contributed by atoms with Gasteiger partial charge in [-0.3, -0.25) is 14.4 Å². The number of hydrogen-bond acceptors (Lipinski definition) is 5. The molecule has 1 aromatic rings. The summed E-state index contributed by atoms with van der Waals surface area (Å²) in [6.07, 6.45) is 2.78. The van der Waals surface area contributed by atoms with E-state index in [0.29, 0.717) is 30.2 Å². The molecule has 0 bridgehead atoms. The second-order valence-corrected chi connectivity index (χ2v) is 7.66. The fraction of sp³-hybridized carbons (Fsp3) is 0.526. The number of carbonyl (C=O) groups is 3. The molecule has 3 amide bonds. The lowest BCUT2D eigenvalue weighted by Gasteiger charge is -2.29. The van der Waals surface area contributed by atoms with Crippen LogP contribution >= 0.6 is 11.8 Å². The normalized spacial score (nSPS) is 16.4. The average Bonchev–Trinajstić information content (AvgIpc) is 3.21. The second kappa shape index (κ2) is 9.23. The lowest BCUT2D eigenvalue weighted by atomic mass is 10.1. The van der Waals surface area contributed by atoms with Crippen molar-refractivity contribution in [3.63, 3.8) is 0 Å². The molecule has 1 fully saturated rings. The number of methoxy groups -OCH3 is 1. The van der Waals surface area contributed by atoms with Gasteiger partial charge < -0.3 is 19.9 Å². The highest BCUT2D eigenvalue weighted by Crippen LogP contribution is 2.36. The molecule has 146 valence electrons. The molecule has 3 rings (SSSR count). The number of benzene rings is 1. The number of nitrogens with zero attached hydrogens (tertiary/aromatic N) is 2. The van der Waals surface area contributed by atoms with Crippen LogP contribution in [0.1, 0.15) is 29.6 Å². The zero-order valence-electron chi connectivity index (χ0n) is 15.5. The number of hydrogen-bond donors (Lipinski definition) is 1. The third-order valence-corrected chi connectivity index (χ3v) is 5.74. The Morgan fingerprint density at radius 3 is 2.78 bits per heavy atom. The van der Waals surface area contributed by atoms with Gasteiger partial charge in [0.2, 0.25) is 11.8 Å². The van der Waals surface area contributed by atoms with Gasteiger partial charge in [-0.2, -0.15) is 0 Å². The lowest BCUT2D eigenvalue weighted by molar-refractivity contribution is -0.123. The Morgan fingerprint density at radius 1 is 1.26 bits per heavy atom. The third-order valence-electron chi connectivity index (χ3n) is 4.69. The van der Waals surface area contributed by atoms with Crippen LogP contribution in [0, 0.1) is 0 Å². The molecule has 0 unspecified atom stereocenters. The summed E-state index contributed by atoms with van der Waals surface area (Å²) in [6, 6.07) is 5.43. The molecule has 27 heavy (non-hydrogen) atoms. The van der Waals surface area contributed by atoms with Crippen LogP contribution in [-0.4, -0.2) is 68.3 Å². The van der Waals surface area contributed by atoms with Gasteiger partial charge >= 0.3 is 0 Å². The fourth-order valence-corrected chi connectivity index (χ4v) is 4.17. The van der Waals surface area contributed by atoms with Gasteiger partial charge in [0, 0.05) is 43.8 Å². The SMILES string of the molecule is COCCCNC(=O)CN1C(=O)CSc2ccc(C(=O)N3CCCC3)cc21. The van der Waals surface area contributed by atoms with Crippen molar-refractivity contribution in [3.05, 3.63) is 23.8 Å². The van der Waals surface area contributed by atoms with Crippen molar-refractivity contribution in [3.8, 4) is 0 Å². The molecule has 2 aliphatic rings. The fourth-order valence-electron chi connectivity index (χ4n) is 3.26. The van der Waals surface area contributed by atoms with E-state index in [9.17, 15) is 14.4 Å². The smallest absolute Gasteiger partial charge is 0.253 e. The maximum Gasteiger partial charge on any atom is 0.253 e. The molecule has 2 heterocycles. The molecule has 0 saturated carbocycles. The van der Waals surface area contributed by atoms with Crippen LogP contribution < -0.4 is 10.2 Å². The van der Waals surface area contributed by atoms with E-state index in [2.05, 4.69) is 5.32 Å². The largest absolute Gasteiger partial charge is 0.385 e. The summed E-state index contributed by atoms with van der Waals surface area (Å²) < 4.78 is 4.96. The summed E-state index contributed by atoms with van der Waals surface area (Å²) in [5, 5.41) is 2.80. The minimum Gasteiger partial charge on any atom is -0.385 e. The van der Waals surface area contributed by atoms with Crippen LogP contribution in [0.5, 0.6) is 0 Å². The Hall–Kier alpha value is -2.06. The molecule has 1 saturated heterocycles. The van der Waals surface area contributed by atoms with E-state index in [1.807, 2.05) is 17.0 Å². The van der Waals surface area contributed by atoms with E-state index in [4.69, 9.17) is 4.74 Å². The molecule has 0 radical (unpaired) electrons. The molecule has 1 N–H and O–H groups in total. The summed E-state index contributed by atoms with van der Waals surface area (Å²) in [5.74, 6) is -0.0511. The second-order valence-electron chi connectivity index (χ2n) is 6.65. The molecule has 0 atom stereocenters. The van der Waals surface area contributed by atoms with Gasteiger partial charge in [0.1, 0.15) is 6.54 Å². The van der Waals surface area contributed by atoms with Crippen molar-refractivity contribution in [2.45, 2.75) is 24.2 Å². The van der Waals surface area contributed by atoms with Crippen molar-refractivity contribution >= 4 is 35.2 Å². The first kappa shape index (κ1) is 19.7. The third kappa shape index (κ3) is 4.81. The molecule has 1 aromatic carbocycles. The van der Waals surface area contributed by atoms with E-state index in [1.165, 1.54) is 16.7 Å². The quantitative estimate of drug-likeness (QED) is 0.713. The van der Waals surface area contributed by atoms with Gasteiger partial charge in [-0.05, 0) is 37.5 Å². The summed E-state index contributed by atoms with van der Waals surface area (Å²) in [5.41, 5.74) is 1.21. The maximum atomic E-state index is 12.7. The van der Waals surface area contributed by atoms with E-state index in [1.54, 1.807) is 13.2 Å². The standard InChI is InChI=1S/C19H25N3O4S/c1-26-10-4-7-20-17(23)12-22-15-11-14(19(25)21-8-2-3-9-21)5-6-16(15)27-13-18(22)24/h5-6,11H,2-4,7-10,12-13H2,1H3,(H,20,23). The van der Waals surface area contributed by atoms with Crippen LogP contribution in [0.4, 0.5) is 5.69 Å². The van der Waals surface area contributed by atoms with Crippen molar-refractivity contribution in [1.29, 1.82) is 0 Å². The maximum absolute atomic E-state index is 12.7. The molecule has 0 aromatic heterocycles. The van der Waals surface area contributed by atoms with Gasteiger partial charge in [0.05, 0.1) is 11.4 Å². The molecule has 8 heteroatoms. The van der Waals surface area contributed by atoms with Crippen molar-refractivity contribution in [1.82, 2.24) is 10.2 Å². The summed E-state index contributed by atoms with van der Waals surface area (Å²) in [6.45, 7) is 2.59. The minimum atomic E-state index is -0.214. The summed E-state index contributed by atoms with van der Waals surface area (Å²) >= 11 is 1.44. The van der Waals surface area contributed by atoms with E-state index >= 15 is 0 Å². The summed E-state index contributed by atoms with van der Waals surface area (Å²) in [7, 11) is 1.61. The number of ether oxygens (including phenoxy) is 1. The number of thioether (sulfide) groups is 1. The number of fused-ring (bicyclic) bond motifs is 1. The summed E-state index contributed by atoms with van der Waals surface area (Å²) in [4.78, 5) is 41.6. The van der Waals surface area contributed by atoms with E-state index in [-0.39, 0.29) is 24.3 Å². The van der Waals surface area contributed by atoms with E-state index < -0.39 is 0 Å². The number of anilines is 1. The van der Waals surface area contributed by atoms with Crippen LogP contribution in [0.2, 0.25) is 0 Å². The van der Waals surface area contributed by atoms with Crippen LogP contribution in [0.25, 0.3) is 0 Å². The minimum absolute atomic E-state index is 0.0118. The highest BCUT2D eigenvalue weighted by atomic mass is 32.2. The number of rotatable bonds is 7. The van der Waals surface area contributed by atoms with Crippen molar-refractivity contribution in [2.75, 3.05) is 50.5 Å². The topological polar surface area (TPSA) is 79.0 Å². The average molecular weight is 391 g/mol. The molecular weight excluding hydrogens is 366 g/mol. The molecule has 2 aliphatic heterocycles.